The molecule has 1 amide bonds. The van der Waals surface area contributed by atoms with Crippen molar-refractivity contribution in [2.45, 2.75) is 5.03 Å². The van der Waals surface area contributed by atoms with Crippen LogP contribution in [0.1, 0.15) is 5.56 Å². The Kier molecular flexibility index (Phi) is 5.89. The Morgan fingerprint density at radius 3 is 2.73 bits per heavy atom. The summed E-state index contributed by atoms with van der Waals surface area (Å²) in [6.07, 6.45) is 0. The van der Waals surface area contributed by atoms with E-state index in [9.17, 15) is 10.1 Å². The summed E-state index contributed by atoms with van der Waals surface area (Å²) in [5, 5.41) is 14.6. The molecule has 3 rings (SSSR count). The largest absolute Gasteiger partial charge is 0.497 e. The van der Waals surface area contributed by atoms with Gasteiger partial charge in [-0.05, 0) is 47.8 Å². The summed E-state index contributed by atoms with van der Waals surface area (Å²) in [5.41, 5.74) is 1.96. The molecule has 2 aromatic heterocycles. The van der Waals surface area contributed by atoms with Crippen molar-refractivity contribution in [3.05, 3.63) is 59.5 Å². The molecule has 5 nitrogen and oxygen atoms in total. The third-order valence-corrected chi connectivity index (χ3v) is 5.35. The second-order valence-corrected chi connectivity index (χ2v) is 7.12. The van der Waals surface area contributed by atoms with Gasteiger partial charge in [-0.15, -0.1) is 11.3 Å². The molecule has 0 bridgehead atoms. The molecule has 26 heavy (non-hydrogen) atoms. The highest BCUT2D eigenvalue weighted by atomic mass is 32.2. The Bertz CT molecular complexity index is 932. The fraction of sp³-hybridized carbons (Fsp3) is 0.105. The predicted molar refractivity (Wildman–Crippen MR) is 105 cm³/mol. The van der Waals surface area contributed by atoms with E-state index in [0.29, 0.717) is 16.3 Å². The van der Waals surface area contributed by atoms with E-state index in [1.54, 1.807) is 48.8 Å². The van der Waals surface area contributed by atoms with Crippen molar-refractivity contribution >= 4 is 34.7 Å². The zero-order chi connectivity index (χ0) is 18.4. The minimum Gasteiger partial charge on any atom is -0.497 e. The highest BCUT2D eigenvalue weighted by Crippen LogP contribution is 2.28. The third-order valence-electron chi connectivity index (χ3n) is 3.47. The number of thiophene rings is 1. The molecule has 3 aromatic rings. The number of hydrogen-bond acceptors (Lipinski definition) is 6. The Balaban J connectivity index is 1.67. The van der Waals surface area contributed by atoms with E-state index in [1.807, 2.05) is 23.6 Å². The molecular weight excluding hydrogens is 366 g/mol. The first-order chi connectivity index (χ1) is 12.7. The van der Waals surface area contributed by atoms with E-state index in [-0.39, 0.29) is 11.7 Å². The van der Waals surface area contributed by atoms with Gasteiger partial charge in [0.05, 0.1) is 29.0 Å². The molecule has 0 unspecified atom stereocenters. The Labute approximate surface area is 159 Å². The van der Waals surface area contributed by atoms with Crippen LogP contribution < -0.4 is 10.1 Å². The number of ether oxygens (including phenoxy) is 1. The molecule has 0 aliphatic rings. The van der Waals surface area contributed by atoms with Gasteiger partial charge in [-0.1, -0.05) is 17.8 Å². The summed E-state index contributed by atoms with van der Waals surface area (Å²) in [4.78, 5) is 17.8. The average Bonchev–Trinajstić information content (AvgIpc) is 3.21. The number of aromatic nitrogens is 1. The SMILES string of the molecule is COc1ccc(NC(=O)CSc2nc(-c3cccs3)ccc2C#N)cc1. The fourth-order valence-corrected chi connectivity index (χ4v) is 3.67. The number of pyridine rings is 1. The number of hydrogen-bond donors (Lipinski definition) is 1. The fourth-order valence-electron chi connectivity index (χ4n) is 2.20. The first-order valence-electron chi connectivity index (χ1n) is 7.71. The molecule has 0 atom stereocenters. The number of benzene rings is 1. The van der Waals surface area contributed by atoms with Crippen LogP contribution in [-0.4, -0.2) is 23.8 Å². The summed E-state index contributed by atoms with van der Waals surface area (Å²) >= 11 is 2.84. The van der Waals surface area contributed by atoms with Crippen LogP contribution in [0.4, 0.5) is 5.69 Å². The maximum atomic E-state index is 12.2. The summed E-state index contributed by atoms with van der Waals surface area (Å²) in [5.74, 6) is 0.736. The highest BCUT2D eigenvalue weighted by molar-refractivity contribution is 8.00. The zero-order valence-electron chi connectivity index (χ0n) is 13.9. The lowest BCUT2D eigenvalue weighted by Crippen LogP contribution is -2.14. The number of amides is 1. The zero-order valence-corrected chi connectivity index (χ0v) is 15.6. The Morgan fingerprint density at radius 2 is 2.08 bits per heavy atom. The van der Waals surface area contributed by atoms with Gasteiger partial charge in [-0.2, -0.15) is 5.26 Å². The van der Waals surface area contributed by atoms with Crippen molar-refractivity contribution in [2.75, 3.05) is 18.2 Å². The molecule has 0 fully saturated rings. The normalized spacial score (nSPS) is 10.2. The summed E-state index contributed by atoms with van der Waals surface area (Å²) < 4.78 is 5.09. The van der Waals surface area contributed by atoms with Crippen molar-refractivity contribution in [2.24, 2.45) is 0 Å². The van der Waals surface area contributed by atoms with Crippen LogP contribution in [-0.2, 0) is 4.79 Å². The van der Waals surface area contributed by atoms with Crippen LogP contribution in [0.25, 0.3) is 10.6 Å². The quantitative estimate of drug-likeness (QED) is 0.640. The number of thioether (sulfide) groups is 1. The average molecular weight is 381 g/mol. The van der Waals surface area contributed by atoms with E-state index >= 15 is 0 Å². The molecule has 130 valence electrons. The Morgan fingerprint density at radius 1 is 1.27 bits per heavy atom. The van der Waals surface area contributed by atoms with Gasteiger partial charge in [0.1, 0.15) is 16.8 Å². The van der Waals surface area contributed by atoms with Crippen LogP contribution >= 0.6 is 23.1 Å². The molecule has 7 heteroatoms. The first kappa shape index (κ1) is 18.0. The van der Waals surface area contributed by atoms with Crippen LogP contribution in [0.3, 0.4) is 0 Å². The summed E-state index contributed by atoms with van der Waals surface area (Å²) in [6, 6.07) is 16.7. The summed E-state index contributed by atoms with van der Waals surface area (Å²) in [7, 11) is 1.59. The van der Waals surface area contributed by atoms with Gasteiger partial charge < -0.3 is 10.1 Å². The van der Waals surface area contributed by atoms with Gasteiger partial charge in [0.15, 0.2) is 0 Å². The maximum Gasteiger partial charge on any atom is 0.234 e. The summed E-state index contributed by atoms with van der Waals surface area (Å²) in [6.45, 7) is 0. The molecule has 0 saturated heterocycles. The van der Waals surface area contributed by atoms with Gasteiger partial charge in [0.2, 0.25) is 5.91 Å². The topological polar surface area (TPSA) is 75.0 Å². The number of rotatable bonds is 6. The molecule has 2 heterocycles. The highest BCUT2D eigenvalue weighted by Gasteiger charge is 2.11. The Hall–Kier alpha value is -2.82. The number of anilines is 1. The monoisotopic (exact) mass is 381 g/mol. The lowest BCUT2D eigenvalue weighted by Gasteiger charge is -2.07. The van der Waals surface area contributed by atoms with Crippen molar-refractivity contribution in [1.82, 2.24) is 4.98 Å². The molecular formula is C19H15N3O2S2. The van der Waals surface area contributed by atoms with E-state index in [4.69, 9.17) is 4.74 Å². The van der Waals surface area contributed by atoms with E-state index in [2.05, 4.69) is 16.4 Å². The van der Waals surface area contributed by atoms with Gasteiger partial charge in [0, 0.05) is 5.69 Å². The second kappa shape index (κ2) is 8.52. The van der Waals surface area contributed by atoms with Crippen LogP contribution in [0, 0.1) is 11.3 Å². The molecule has 0 spiro atoms. The molecule has 0 aliphatic heterocycles. The second-order valence-electron chi connectivity index (χ2n) is 5.20. The third kappa shape index (κ3) is 4.42. The van der Waals surface area contributed by atoms with E-state index < -0.39 is 0 Å². The lowest BCUT2D eigenvalue weighted by atomic mass is 10.2. The number of carbonyl (C=O) groups is 1. The van der Waals surface area contributed by atoms with Crippen molar-refractivity contribution in [1.29, 1.82) is 5.26 Å². The van der Waals surface area contributed by atoms with E-state index in [1.165, 1.54) is 11.8 Å². The van der Waals surface area contributed by atoms with Crippen molar-refractivity contribution in [3.63, 3.8) is 0 Å². The molecule has 0 radical (unpaired) electrons. The minimum absolute atomic E-state index is 0.160. The predicted octanol–water partition coefficient (Wildman–Crippen LogP) is 4.42. The van der Waals surface area contributed by atoms with Gasteiger partial charge in [-0.25, -0.2) is 4.98 Å². The molecule has 0 aliphatic carbocycles. The molecule has 1 aromatic carbocycles. The standard InChI is InChI=1S/C19H15N3O2S2/c1-24-15-7-5-14(6-8-15)21-18(23)12-26-19-13(11-20)4-9-16(22-19)17-3-2-10-25-17/h2-10H,12H2,1H3,(H,21,23). The van der Waals surface area contributed by atoms with Crippen molar-refractivity contribution < 1.29 is 9.53 Å². The van der Waals surface area contributed by atoms with Gasteiger partial charge in [-0.3, -0.25) is 4.79 Å². The van der Waals surface area contributed by atoms with Gasteiger partial charge >= 0.3 is 0 Å². The number of nitrogens with zero attached hydrogens (tertiary/aromatic N) is 2. The number of methoxy groups -OCH3 is 1. The smallest absolute Gasteiger partial charge is 0.234 e. The van der Waals surface area contributed by atoms with Crippen LogP contribution in [0.2, 0.25) is 0 Å². The molecule has 0 saturated carbocycles. The van der Waals surface area contributed by atoms with E-state index in [0.717, 1.165) is 16.3 Å². The van der Waals surface area contributed by atoms with Gasteiger partial charge in [0.25, 0.3) is 0 Å². The van der Waals surface area contributed by atoms with Crippen LogP contribution in [0.5, 0.6) is 5.75 Å². The minimum atomic E-state index is -0.160. The van der Waals surface area contributed by atoms with Crippen molar-refractivity contribution in [3.8, 4) is 22.4 Å². The lowest BCUT2D eigenvalue weighted by molar-refractivity contribution is -0.113. The number of nitriles is 1. The first-order valence-corrected chi connectivity index (χ1v) is 9.58. The number of nitrogens with one attached hydrogen (secondary N) is 1. The van der Waals surface area contributed by atoms with Crippen LogP contribution in [0.15, 0.2) is 58.9 Å². The molecule has 1 N–H and O–H groups in total. The maximum absolute atomic E-state index is 12.2. The number of carbonyl (C=O) groups excluding carboxylic acids is 1.